The number of esters is 9. The summed E-state index contributed by atoms with van der Waals surface area (Å²) >= 11 is 0. The van der Waals surface area contributed by atoms with E-state index in [0.29, 0.717) is 118 Å². The number of carbonyl (C=O) groups excluding carboxylic acids is 9. The summed E-state index contributed by atoms with van der Waals surface area (Å²) in [4.78, 5) is 95.8. The van der Waals surface area contributed by atoms with Crippen molar-refractivity contribution in [1.29, 1.82) is 0 Å². The van der Waals surface area contributed by atoms with Gasteiger partial charge in [-0.05, 0) is 75.5 Å². The maximum Gasteiger partial charge on any atom is 0.337 e. The Morgan fingerprint density at radius 2 is 1.12 bits per heavy atom. The van der Waals surface area contributed by atoms with Crippen LogP contribution in [0.2, 0.25) is 0 Å². The van der Waals surface area contributed by atoms with Crippen molar-refractivity contribution in [2.45, 2.75) is 184 Å². The molecule has 3 N–H and O–H groups in total. The van der Waals surface area contributed by atoms with Crippen molar-refractivity contribution in [3.8, 4) is 0 Å². The lowest BCUT2D eigenvalue weighted by Gasteiger charge is -2.26. The molecule has 0 aromatic rings. The molecule has 80 heavy (non-hydrogen) atoms. The van der Waals surface area contributed by atoms with Gasteiger partial charge in [0.25, 0.3) is 0 Å². The van der Waals surface area contributed by atoms with Crippen molar-refractivity contribution in [2.75, 3.05) is 46.2 Å². The average molecular weight is 1140 g/mol. The molecule has 18 atom stereocenters. The van der Waals surface area contributed by atoms with E-state index in [9.17, 15) is 48.3 Å². The summed E-state index contributed by atoms with van der Waals surface area (Å²) in [7, 11) is 0. The standard InChI is InChI=1S/C11H16O2.C9H12O2.C7H12O2.C6H10O3.C6H10O2.2C5H8O3.2C5H8O2/c1-5-7-4-6-8(11(7,2)3)9(5)13-10(6)12;1-4-5-2-6-7(3-5)9(10)11-8(4)6;1-5-6(8)9-4-7(5,2)3;1-6(8)2-3-9-5(7)4-6;1-4-3-8-6(7)5(4)2;1-5(7)2-4(6)8-3-5;1-5(7)2-3-8-4(5)6;1-4-2-5(6)7-3-4;1-4-2-3-7-5(4)6/h5-9H,4H2,1-3H3;4-8H,2-3H2,1H3;5H,4H2,1-3H3;8H,2-4H2,1H3;4-5H,3H2,1-2H3;2*7H,2-3H2,1H3;2*4H,2-3H2,1H3. The van der Waals surface area contributed by atoms with Gasteiger partial charge in [-0.1, -0.05) is 76.2 Å². The van der Waals surface area contributed by atoms with E-state index in [1.165, 1.54) is 13.3 Å². The van der Waals surface area contributed by atoms with Gasteiger partial charge >= 0.3 is 53.7 Å². The van der Waals surface area contributed by atoms with Crippen molar-refractivity contribution < 1.29 is 101 Å². The molecule has 9 aliphatic heterocycles. The smallest absolute Gasteiger partial charge is 0.337 e. The van der Waals surface area contributed by atoms with Crippen molar-refractivity contribution in [1.82, 2.24) is 0 Å². The molecule has 4 bridgehead atoms. The molecule has 13 aliphatic rings. The van der Waals surface area contributed by atoms with Gasteiger partial charge in [0, 0.05) is 41.9 Å². The first-order valence-electron chi connectivity index (χ1n) is 28.7. The Bertz CT molecular complexity index is 2250. The Balaban J connectivity index is 0.000000167. The molecule has 0 aromatic carbocycles. The summed E-state index contributed by atoms with van der Waals surface area (Å²) in [6, 6.07) is 0. The fourth-order valence-corrected chi connectivity index (χ4v) is 12.3. The molecule has 4 saturated carbocycles. The SMILES string of the molecule is CC1(O)CCOC(=O)C1.CC1(O)CCOC1=O.CC1(O)COC(=O)C1.CC1C(=O)OCC1(C)C.CC1C2CC3C(=O)OC1C3C2.CC1C2OC(=O)C3CC1C(C)(C)C32.CC1CCOC1=O.CC1COC(=O)C1.CC1COC(=O)C1C. The summed E-state index contributed by atoms with van der Waals surface area (Å²) in [5.74, 6) is 4.45. The van der Waals surface area contributed by atoms with Crippen LogP contribution in [0, 0.1) is 87.8 Å². The zero-order chi connectivity index (χ0) is 60.0. The summed E-state index contributed by atoms with van der Waals surface area (Å²) in [5.41, 5.74) is -2.55. The number of fused-ring (bicyclic) bond motifs is 2. The highest BCUT2D eigenvalue weighted by atomic mass is 16.6. The Kier molecular flexibility index (Phi) is 21.9. The maximum absolute atomic E-state index is 11.5. The van der Waals surface area contributed by atoms with E-state index in [0.717, 1.165) is 25.2 Å². The second-order valence-corrected chi connectivity index (χ2v) is 26.5. The second kappa shape index (κ2) is 26.6. The van der Waals surface area contributed by atoms with E-state index in [2.05, 4.69) is 51.4 Å². The number of hydrogen-bond donors (Lipinski definition) is 3. The lowest BCUT2D eigenvalue weighted by molar-refractivity contribution is -0.158. The molecule has 21 heteroatoms. The molecule has 0 aromatic heterocycles. The number of ether oxygens (including phenoxy) is 9. The molecule has 454 valence electrons. The highest BCUT2D eigenvalue weighted by Gasteiger charge is 2.69. The Morgan fingerprint density at radius 1 is 0.512 bits per heavy atom. The molecule has 9 heterocycles. The molecule has 18 unspecified atom stereocenters. The molecular formula is C59H92O21. The molecule has 13 rings (SSSR count). The van der Waals surface area contributed by atoms with Crippen LogP contribution in [0.4, 0.5) is 0 Å². The van der Waals surface area contributed by atoms with Crippen molar-refractivity contribution >= 4 is 53.7 Å². The van der Waals surface area contributed by atoms with E-state index in [4.69, 9.17) is 29.2 Å². The van der Waals surface area contributed by atoms with Crippen LogP contribution < -0.4 is 0 Å². The third-order valence-electron chi connectivity index (χ3n) is 18.5. The summed E-state index contributed by atoms with van der Waals surface area (Å²) in [6.07, 6.45) is 6.73. The fourth-order valence-electron chi connectivity index (χ4n) is 12.3. The van der Waals surface area contributed by atoms with Gasteiger partial charge in [0.05, 0.1) is 94.1 Å². The Hall–Kier alpha value is -4.89. The molecular weight excluding hydrogens is 1040 g/mol. The van der Waals surface area contributed by atoms with E-state index < -0.39 is 22.8 Å². The number of carbonyl (C=O) groups is 9. The van der Waals surface area contributed by atoms with Gasteiger partial charge in [0.1, 0.15) is 24.4 Å². The van der Waals surface area contributed by atoms with Crippen LogP contribution in [0.5, 0.6) is 0 Å². The van der Waals surface area contributed by atoms with Gasteiger partial charge < -0.3 is 58.0 Å². The molecule has 0 amide bonds. The number of cyclic esters (lactones) is 7. The van der Waals surface area contributed by atoms with Crippen LogP contribution in [-0.4, -0.2) is 144 Å². The van der Waals surface area contributed by atoms with Gasteiger partial charge in [-0.15, -0.1) is 0 Å². The zero-order valence-corrected chi connectivity index (χ0v) is 49.7. The third-order valence-corrected chi connectivity index (χ3v) is 18.5. The van der Waals surface area contributed by atoms with Crippen LogP contribution in [0.15, 0.2) is 0 Å². The first kappa shape index (κ1) is 65.9. The van der Waals surface area contributed by atoms with Crippen LogP contribution in [0.25, 0.3) is 0 Å². The summed E-state index contributed by atoms with van der Waals surface area (Å²) in [6.45, 7) is 30.9. The minimum Gasteiger partial charge on any atom is -0.465 e. The van der Waals surface area contributed by atoms with Crippen LogP contribution in [-0.2, 0) is 85.8 Å². The van der Waals surface area contributed by atoms with Crippen molar-refractivity contribution in [2.24, 2.45) is 87.8 Å². The largest absolute Gasteiger partial charge is 0.465 e. The number of hydrogen-bond acceptors (Lipinski definition) is 21. The minimum absolute atomic E-state index is 0.0417. The van der Waals surface area contributed by atoms with Crippen molar-refractivity contribution in [3.05, 3.63) is 0 Å². The van der Waals surface area contributed by atoms with E-state index >= 15 is 0 Å². The molecule has 0 radical (unpaired) electrons. The minimum atomic E-state index is -1.21. The van der Waals surface area contributed by atoms with Crippen LogP contribution in [0.1, 0.15) is 155 Å². The average Bonchev–Trinajstić information content (AvgIpc) is 4.31. The lowest BCUT2D eigenvalue weighted by atomic mass is 9.80. The molecule has 21 nitrogen and oxygen atoms in total. The predicted molar refractivity (Wildman–Crippen MR) is 283 cm³/mol. The van der Waals surface area contributed by atoms with Gasteiger partial charge in [0.2, 0.25) is 0 Å². The Morgan fingerprint density at radius 3 is 1.41 bits per heavy atom. The fraction of sp³-hybridized carbons (Fsp3) is 0.847. The summed E-state index contributed by atoms with van der Waals surface area (Å²) < 4.78 is 43.2. The first-order valence-corrected chi connectivity index (χ1v) is 28.7. The first-order chi connectivity index (χ1) is 37.0. The normalized spacial score (nSPS) is 41.4. The highest BCUT2D eigenvalue weighted by molar-refractivity contribution is 5.80. The third kappa shape index (κ3) is 16.6. The maximum atomic E-state index is 11.5. The van der Waals surface area contributed by atoms with Crippen molar-refractivity contribution in [3.63, 3.8) is 0 Å². The van der Waals surface area contributed by atoms with Gasteiger partial charge in [-0.25, -0.2) is 4.79 Å². The number of rotatable bonds is 0. The zero-order valence-electron chi connectivity index (χ0n) is 49.7. The highest BCUT2D eigenvalue weighted by Crippen LogP contribution is 2.66. The van der Waals surface area contributed by atoms with Gasteiger partial charge in [0.15, 0.2) is 5.60 Å². The molecule has 4 aliphatic carbocycles. The monoisotopic (exact) mass is 1140 g/mol. The Labute approximate surface area is 471 Å². The quantitative estimate of drug-likeness (QED) is 0.195. The van der Waals surface area contributed by atoms with E-state index in [1.54, 1.807) is 13.8 Å². The predicted octanol–water partition coefficient (Wildman–Crippen LogP) is 5.65. The molecule has 13 fully saturated rings. The molecule has 9 saturated heterocycles. The van der Waals surface area contributed by atoms with E-state index in [1.807, 2.05) is 48.5 Å². The van der Waals surface area contributed by atoms with E-state index in [-0.39, 0.29) is 102 Å². The lowest BCUT2D eigenvalue weighted by Crippen LogP contribution is -2.35. The van der Waals surface area contributed by atoms with Crippen LogP contribution >= 0.6 is 0 Å². The van der Waals surface area contributed by atoms with Crippen LogP contribution in [0.3, 0.4) is 0 Å². The molecule has 0 spiro atoms. The van der Waals surface area contributed by atoms with Gasteiger partial charge in [-0.3, -0.25) is 38.4 Å². The second-order valence-electron chi connectivity index (χ2n) is 26.5. The van der Waals surface area contributed by atoms with Gasteiger partial charge in [-0.2, -0.15) is 0 Å². The number of aliphatic hydroxyl groups is 3. The topological polar surface area (TPSA) is 297 Å². The summed E-state index contributed by atoms with van der Waals surface area (Å²) in [5, 5.41) is 27.3.